The first kappa shape index (κ1) is 17.5. The van der Waals surface area contributed by atoms with Crippen molar-refractivity contribution < 1.29 is 9.53 Å². The number of hydrogen-bond acceptors (Lipinski definition) is 2. The summed E-state index contributed by atoms with van der Waals surface area (Å²) in [5.74, 6) is 0.450. The lowest BCUT2D eigenvalue weighted by atomic mass is 9.87. The minimum atomic E-state index is 0.0241. The quantitative estimate of drug-likeness (QED) is 0.895. The minimum Gasteiger partial charge on any atom is -0.376 e. The lowest BCUT2D eigenvalue weighted by Gasteiger charge is -2.35. The van der Waals surface area contributed by atoms with Crippen molar-refractivity contribution in [3.63, 3.8) is 0 Å². The zero-order valence-corrected chi connectivity index (χ0v) is 14.7. The van der Waals surface area contributed by atoms with E-state index in [0.717, 1.165) is 31.5 Å². The Balaban J connectivity index is 1.50. The summed E-state index contributed by atoms with van der Waals surface area (Å²) in [5.41, 5.74) is 2.34. The second kappa shape index (κ2) is 8.67. The van der Waals surface area contributed by atoms with Gasteiger partial charge in [-0.05, 0) is 29.9 Å². The second-order valence-corrected chi connectivity index (χ2v) is 6.54. The molecule has 25 heavy (non-hydrogen) atoms. The van der Waals surface area contributed by atoms with Crippen LogP contribution < -0.4 is 5.32 Å². The first-order valence-corrected chi connectivity index (χ1v) is 8.92. The summed E-state index contributed by atoms with van der Waals surface area (Å²) in [5, 5.41) is 3.01. The Hall–Kier alpha value is -2.33. The van der Waals surface area contributed by atoms with Gasteiger partial charge in [0.2, 0.25) is 0 Å². The Morgan fingerprint density at radius 2 is 1.68 bits per heavy atom. The molecule has 0 aliphatic carbocycles. The summed E-state index contributed by atoms with van der Waals surface area (Å²) in [7, 11) is 1.77. The van der Waals surface area contributed by atoms with E-state index in [1.807, 2.05) is 53.4 Å². The fourth-order valence-corrected chi connectivity index (χ4v) is 3.53. The van der Waals surface area contributed by atoms with E-state index in [2.05, 4.69) is 17.4 Å². The molecule has 1 saturated heterocycles. The molecule has 2 aromatic carbocycles. The second-order valence-electron chi connectivity index (χ2n) is 6.54. The highest BCUT2D eigenvalue weighted by molar-refractivity contribution is 5.74. The van der Waals surface area contributed by atoms with Gasteiger partial charge in [-0.1, -0.05) is 60.7 Å². The molecule has 3 rings (SSSR count). The number of likely N-dealkylation sites (tertiary alicyclic amines) is 1. The lowest BCUT2D eigenvalue weighted by Crippen LogP contribution is -2.45. The van der Waals surface area contributed by atoms with Gasteiger partial charge in [-0.15, -0.1) is 0 Å². The zero-order chi connectivity index (χ0) is 17.5. The van der Waals surface area contributed by atoms with Crippen LogP contribution in [-0.2, 0) is 11.3 Å². The van der Waals surface area contributed by atoms with Crippen LogP contribution in [-0.4, -0.2) is 31.1 Å². The lowest BCUT2D eigenvalue weighted by molar-refractivity contribution is 0.0255. The van der Waals surface area contributed by atoms with Crippen LogP contribution in [0.25, 0.3) is 0 Å². The number of hydrogen-bond donors (Lipinski definition) is 1. The Morgan fingerprint density at radius 3 is 2.28 bits per heavy atom. The van der Waals surface area contributed by atoms with Gasteiger partial charge in [-0.2, -0.15) is 0 Å². The van der Waals surface area contributed by atoms with E-state index in [9.17, 15) is 4.79 Å². The van der Waals surface area contributed by atoms with Crippen LogP contribution in [0.2, 0.25) is 0 Å². The molecule has 1 unspecified atom stereocenters. The van der Waals surface area contributed by atoms with Crippen LogP contribution in [0.3, 0.4) is 0 Å². The van der Waals surface area contributed by atoms with Gasteiger partial charge < -0.3 is 15.0 Å². The Bertz CT molecular complexity index is 652. The Kier molecular flexibility index (Phi) is 6.07. The van der Waals surface area contributed by atoms with E-state index in [1.54, 1.807) is 7.11 Å². The fraction of sp³-hybridized carbons (Fsp3) is 0.381. The van der Waals surface area contributed by atoms with Crippen molar-refractivity contribution >= 4 is 6.03 Å². The summed E-state index contributed by atoms with van der Waals surface area (Å²) in [4.78, 5) is 14.3. The van der Waals surface area contributed by atoms with Gasteiger partial charge in [0.15, 0.2) is 0 Å². The molecular formula is C21H26N2O2. The van der Waals surface area contributed by atoms with Crippen molar-refractivity contribution in [3.05, 3.63) is 71.8 Å². The summed E-state index contributed by atoms with van der Waals surface area (Å²) in [6, 6.07) is 20.4. The average Bonchev–Trinajstić information content (AvgIpc) is 2.69. The van der Waals surface area contributed by atoms with E-state index >= 15 is 0 Å². The third kappa shape index (κ3) is 4.60. The van der Waals surface area contributed by atoms with Gasteiger partial charge in [-0.3, -0.25) is 0 Å². The third-order valence-electron chi connectivity index (χ3n) is 4.92. The molecule has 0 saturated carbocycles. The number of nitrogens with one attached hydrogen (secondary N) is 1. The highest BCUT2D eigenvalue weighted by Gasteiger charge is 2.29. The van der Waals surface area contributed by atoms with E-state index in [4.69, 9.17) is 4.74 Å². The van der Waals surface area contributed by atoms with Crippen LogP contribution in [0.1, 0.15) is 30.1 Å². The first-order valence-electron chi connectivity index (χ1n) is 8.92. The van der Waals surface area contributed by atoms with Gasteiger partial charge >= 0.3 is 6.03 Å². The number of carbonyl (C=O) groups excluding carboxylic acids is 1. The van der Waals surface area contributed by atoms with E-state index in [-0.39, 0.29) is 12.1 Å². The molecule has 4 nitrogen and oxygen atoms in total. The summed E-state index contributed by atoms with van der Waals surface area (Å²) in [6.45, 7) is 2.13. The van der Waals surface area contributed by atoms with Crippen molar-refractivity contribution in [1.29, 1.82) is 0 Å². The number of nitrogens with zero attached hydrogens (tertiary/aromatic N) is 1. The van der Waals surface area contributed by atoms with Gasteiger partial charge in [0.1, 0.15) is 0 Å². The molecule has 2 amide bonds. The maximum absolute atomic E-state index is 12.4. The molecular weight excluding hydrogens is 312 g/mol. The number of carbonyl (C=O) groups is 1. The third-order valence-corrected chi connectivity index (χ3v) is 4.92. The molecule has 132 valence electrons. The van der Waals surface area contributed by atoms with Crippen molar-refractivity contribution in [3.8, 4) is 0 Å². The summed E-state index contributed by atoms with van der Waals surface area (Å²) in [6.07, 6.45) is 2.04. The Morgan fingerprint density at radius 1 is 1.08 bits per heavy atom. The predicted octanol–water partition coefficient (Wildman–Crippen LogP) is 4.00. The molecule has 0 aromatic heterocycles. The SMILES string of the molecule is COC(c1ccccc1)C1CCN(C(=O)NCc2ccccc2)CC1. The van der Waals surface area contributed by atoms with Crippen LogP contribution in [0.4, 0.5) is 4.79 Å². The minimum absolute atomic E-state index is 0.0241. The predicted molar refractivity (Wildman–Crippen MR) is 99.2 cm³/mol. The number of methoxy groups -OCH3 is 1. The first-order chi connectivity index (χ1) is 12.3. The van der Waals surface area contributed by atoms with Gasteiger partial charge in [0.05, 0.1) is 6.10 Å². The molecule has 0 radical (unpaired) electrons. The number of rotatable bonds is 5. The number of ether oxygens (including phenoxy) is 1. The number of piperidine rings is 1. The van der Waals surface area contributed by atoms with Crippen LogP contribution >= 0.6 is 0 Å². The molecule has 1 atom stereocenters. The van der Waals surface area contributed by atoms with Gasteiger partial charge in [0.25, 0.3) is 0 Å². The molecule has 4 heteroatoms. The molecule has 2 aromatic rings. The molecule has 0 spiro atoms. The molecule has 0 bridgehead atoms. The van der Waals surface area contributed by atoms with Crippen LogP contribution in [0.15, 0.2) is 60.7 Å². The fourth-order valence-electron chi connectivity index (χ4n) is 3.53. The van der Waals surface area contributed by atoms with Gasteiger partial charge in [-0.25, -0.2) is 4.79 Å². The highest BCUT2D eigenvalue weighted by Crippen LogP contribution is 2.33. The largest absolute Gasteiger partial charge is 0.376 e. The van der Waals surface area contributed by atoms with Crippen molar-refractivity contribution in [2.75, 3.05) is 20.2 Å². The maximum Gasteiger partial charge on any atom is 0.317 e. The van der Waals surface area contributed by atoms with Crippen LogP contribution in [0, 0.1) is 5.92 Å². The molecule has 1 heterocycles. The summed E-state index contributed by atoms with van der Waals surface area (Å²) >= 11 is 0. The number of benzene rings is 2. The van der Waals surface area contributed by atoms with Crippen molar-refractivity contribution in [2.45, 2.75) is 25.5 Å². The maximum atomic E-state index is 12.4. The molecule has 1 aliphatic heterocycles. The smallest absolute Gasteiger partial charge is 0.317 e. The topological polar surface area (TPSA) is 41.6 Å². The number of urea groups is 1. The monoisotopic (exact) mass is 338 g/mol. The van der Waals surface area contributed by atoms with Crippen LogP contribution in [0.5, 0.6) is 0 Å². The Labute approximate surface area is 149 Å². The normalized spacial score (nSPS) is 16.4. The van der Waals surface area contributed by atoms with Crippen molar-refractivity contribution in [2.24, 2.45) is 5.92 Å². The van der Waals surface area contributed by atoms with E-state index < -0.39 is 0 Å². The van der Waals surface area contributed by atoms with Gasteiger partial charge in [0, 0.05) is 26.7 Å². The number of amides is 2. The van der Waals surface area contributed by atoms with E-state index in [0.29, 0.717) is 12.5 Å². The standard InChI is InChI=1S/C21H26N2O2/c1-25-20(18-10-6-3-7-11-18)19-12-14-23(15-13-19)21(24)22-16-17-8-4-2-5-9-17/h2-11,19-20H,12-16H2,1H3,(H,22,24). The summed E-state index contributed by atoms with van der Waals surface area (Å²) < 4.78 is 5.76. The average molecular weight is 338 g/mol. The molecule has 1 fully saturated rings. The highest BCUT2D eigenvalue weighted by atomic mass is 16.5. The van der Waals surface area contributed by atoms with Crippen molar-refractivity contribution in [1.82, 2.24) is 10.2 Å². The molecule has 1 aliphatic rings. The van der Waals surface area contributed by atoms with E-state index in [1.165, 1.54) is 5.56 Å². The zero-order valence-electron chi connectivity index (χ0n) is 14.7. The molecule has 1 N–H and O–H groups in total.